The third-order valence-corrected chi connectivity index (χ3v) is 10.0. The predicted molar refractivity (Wildman–Crippen MR) is 135 cm³/mol. The van der Waals surface area contributed by atoms with Crippen LogP contribution in [0.1, 0.15) is 98.3 Å². The number of hydrogen-bond acceptors (Lipinski definition) is 5. The van der Waals surface area contributed by atoms with E-state index in [1.165, 1.54) is 5.57 Å². The Balaban J connectivity index is 1.33. The van der Waals surface area contributed by atoms with Gasteiger partial charge in [0.05, 0.1) is 6.42 Å². The second-order valence-corrected chi connectivity index (χ2v) is 12.7. The van der Waals surface area contributed by atoms with E-state index in [2.05, 4.69) is 19.2 Å². The van der Waals surface area contributed by atoms with Gasteiger partial charge in [0.1, 0.15) is 12.1 Å². The molecular formula is C29H43NO6. The number of ether oxygens (including phenoxy) is 1. The molecule has 7 nitrogen and oxygen atoms in total. The van der Waals surface area contributed by atoms with Crippen molar-refractivity contribution in [3.63, 3.8) is 0 Å². The summed E-state index contributed by atoms with van der Waals surface area (Å²) in [6.45, 7) is 8.47. The minimum absolute atomic E-state index is 0.0383. The average molecular weight is 502 g/mol. The van der Waals surface area contributed by atoms with Crippen LogP contribution in [0, 0.1) is 34.5 Å². The topological polar surface area (TPSA) is 110 Å². The van der Waals surface area contributed by atoms with Gasteiger partial charge in [0.15, 0.2) is 5.78 Å². The van der Waals surface area contributed by atoms with Crippen LogP contribution in [-0.2, 0) is 23.9 Å². The molecule has 0 aromatic carbocycles. The first-order valence-electron chi connectivity index (χ1n) is 13.9. The predicted octanol–water partition coefficient (Wildman–Crippen LogP) is 4.83. The van der Waals surface area contributed by atoms with Gasteiger partial charge in [0.2, 0.25) is 5.91 Å². The van der Waals surface area contributed by atoms with Gasteiger partial charge in [-0.25, -0.2) is 4.79 Å². The zero-order valence-corrected chi connectivity index (χ0v) is 22.3. The van der Waals surface area contributed by atoms with Gasteiger partial charge in [0, 0.05) is 18.3 Å². The van der Waals surface area contributed by atoms with Crippen LogP contribution in [0.15, 0.2) is 11.6 Å². The number of aliphatic carboxylic acids is 1. The molecule has 4 aliphatic rings. The van der Waals surface area contributed by atoms with Crippen LogP contribution in [0.2, 0.25) is 0 Å². The van der Waals surface area contributed by atoms with E-state index in [1.54, 1.807) is 0 Å². The molecule has 4 aliphatic carbocycles. The molecule has 0 radical (unpaired) electrons. The molecule has 4 rings (SSSR count). The van der Waals surface area contributed by atoms with Crippen molar-refractivity contribution in [2.75, 3.05) is 0 Å². The Morgan fingerprint density at radius 3 is 2.50 bits per heavy atom. The van der Waals surface area contributed by atoms with Gasteiger partial charge >= 0.3 is 11.9 Å². The Morgan fingerprint density at radius 1 is 1.06 bits per heavy atom. The number of nitrogens with one attached hydrogen (secondary N) is 1. The molecule has 3 fully saturated rings. The van der Waals surface area contributed by atoms with Gasteiger partial charge in [-0.3, -0.25) is 14.4 Å². The van der Waals surface area contributed by atoms with Gasteiger partial charge in [-0.1, -0.05) is 33.3 Å². The van der Waals surface area contributed by atoms with E-state index in [-0.39, 0.29) is 47.4 Å². The molecule has 0 spiro atoms. The van der Waals surface area contributed by atoms with Crippen molar-refractivity contribution in [3.8, 4) is 0 Å². The zero-order chi connectivity index (χ0) is 26.3. The number of rotatable bonds is 8. The lowest BCUT2D eigenvalue weighted by molar-refractivity contribution is -0.160. The Labute approximate surface area is 214 Å². The number of carboxylic acid groups (broad SMARTS) is 1. The van der Waals surface area contributed by atoms with Crippen molar-refractivity contribution in [1.29, 1.82) is 0 Å². The molecule has 1 amide bonds. The fourth-order valence-corrected chi connectivity index (χ4v) is 8.10. The minimum Gasteiger partial charge on any atom is -0.480 e. The largest absolute Gasteiger partial charge is 0.480 e. The Hall–Kier alpha value is -2.18. The van der Waals surface area contributed by atoms with Crippen molar-refractivity contribution >= 4 is 23.6 Å². The van der Waals surface area contributed by atoms with E-state index in [4.69, 9.17) is 4.74 Å². The molecule has 7 atom stereocenters. The SMILES string of the molecule is CC(C)C[C@H](NC(=O)CCC(=O)O[C@@H]1CC[C@@H]2[C@H]3CCC4=CC(=O)CC[C@]4(C)[C@@H]3CC[C@@]21C)C(=O)O. The van der Waals surface area contributed by atoms with E-state index in [0.717, 1.165) is 44.9 Å². The maximum Gasteiger partial charge on any atom is 0.326 e. The highest BCUT2D eigenvalue weighted by atomic mass is 16.5. The lowest BCUT2D eigenvalue weighted by atomic mass is 9.47. The van der Waals surface area contributed by atoms with Gasteiger partial charge in [0.25, 0.3) is 0 Å². The molecule has 200 valence electrons. The number of fused-ring (bicyclic) bond motifs is 5. The monoisotopic (exact) mass is 501 g/mol. The number of allylic oxidation sites excluding steroid dienone is 1. The second-order valence-electron chi connectivity index (χ2n) is 12.7. The number of carbonyl (C=O) groups is 4. The van der Waals surface area contributed by atoms with Crippen LogP contribution in [-0.4, -0.2) is 40.9 Å². The molecule has 3 saturated carbocycles. The normalized spacial score (nSPS) is 36.2. The maximum absolute atomic E-state index is 12.7. The number of esters is 1. The van der Waals surface area contributed by atoms with Crippen LogP contribution in [0.4, 0.5) is 0 Å². The quantitative estimate of drug-likeness (QED) is 0.461. The Morgan fingerprint density at radius 2 is 1.81 bits per heavy atom. The van der Waals surface area contributed by atoms with Crippen LogP contribution < -0.4 is 5.32 Å². The number of amides is 1. The third kappa shape index (κ3) is 5.12. The first-order valence-corrected chi connectivity index (χ1v) is 13.9. The van der Waals surface area contributed by atoms with E-state index in [9.17, 15) is 24.3 Å². The third-order valence-electron chi connectivity index (χ3n) is 10.0. The number of carbonyl (C=O) groups excluding carboxylic acids is 3. The molecule has 0 unspecified atom stereocenters. The summed E-state index contributed by atoms with van der Waals surface area (Å²) < 4.78 is 5.99. The summed E-state index contributed by atoms with van der Waals surface area (Å²) in [5.41, 5.74) is 1.44. The molecule has 0 aliphatic heterocycles. The van der Waals surface area contributed by atoms with Crippen LogP contribution >= 0.6 is 0 Å². The van der Waals surface area contributed by atoms with E-state index in [1.807, 2.05) is 19.9 Å². The van der Waals surface area contributed by atoms with Gasteiger partial charge < -0.3 is 15.2 Å². The molecule has 0 aromatic rings. The molecule has 0 bridgehead atoms. The number of ketones is 1. The van der Waals surface area contributed by atoms with Crippen molar-refractivity contribution in [1.82, 2.24) is 5.32 Å². The number of carboxylic acids is 1. The van der Waals surface area contributed by atoms with Crippen molar-refractivity contribution in [2.24, 2.45) is 34.5 Å². The standard InChI is InChI=1S/C29H43NO6/c1-17(2)15-23(27(34)35)30-25(32)9-10-26(33)36-24-8-7-21-20-6-5-18-16-19(31)11-13-28(18,3)22(20)12-14-29(21,24)4/h16-17,20-24H,5-15H2,1-4H3,(H,30,32)(H,34,35)/t20-,21-,22-,23+,24-,28+,29+/m1/s1. The van der Waals surface area contributed by atoms with Crippen molar-refractivity contribution in [3.05, 3.63) is 11.6 Å². The fraction of sp³-hybridized carbons (Fsp3) is 0.793. The summed E-state index contributed by atoms with van der Waals surface area (Å²) in [5.74, 6) is 0.263. The summed E-state index contributed by atoms with van der Waals surface area (Å²) in [4.78, 5) is 48.4. The maximum atomic E-state index is 12.7. The summed E-state index contributed by atoms with van der Waals surface area (Å²) in [5, 5.41) is 11.9. The van der Waals surface area contributed by atoms with Crippen molar-refractivity contribution in [2.45, 2.75) is 110 Å². The van der Waals surface area contributed by atoms with Gasteiger partial charge in [-0.2, -0.15) is 0 Å². The highest BCUT2D eigenvalue weighted by Gasteiger charge is 2.59. The van der Waals surface area contributed by atoms with Gasteiger partial charge in [-0.05, 0) is 86.5 Å². The lowest BCUT2D eigenvalue weighted by Gasteiger charge is -2.57. The Kier molecular flexibility index (Phi) is 7.68. The summed E-state index contributed by atoms with van der Waals surface area (Å²) >= 11 is 0. The highest BCUT2D eigenvalue weighted by molar-refractivity contribution is 5.91. The smallest absolute Gasteiger partial charge is 0.326 e. The van der Waals surface area contributed by atoms with E-state index < -0.39 is 17.9 Å². The molecule has 0 saturated heterocycles. The fourth-order valence-electron chi connectivity index (χ4n) is 8.10. The first kappa shape index (κ1) is 26.9. The molecule has 7 heteroatoms. The van der Waals surface area contributed by atoms with E-state index >= 15 is 0 Å². The minimum atomic E-state index is -1.06. The number of hydrogen-bond donors (Lipinski definition) is 2. The van der Waals surface area contributed by atoms with Crippen molar-refractivity contribution < 1.29 is 29.0 Å². The summed E-state index contributed by atoms with van der Waals surface area (Å²) in [6, 6.07) is -0.937. The summed E-state index contributed by atoms with van der Waals surface area (Å²) in [7, 11) is 0. The molecule has 0 heterocycles. The van der Waals surface area contributed by atoms with Crippen LogP contribution in [0.5, 0.6) is 0 Å². The van der Waals surface area contributed by atoms with E-state index in [0.29, 0.717) is 30.6 Å². The van der Waals surface area contributed by atoms with Gasteiger partial charge in [-0.15, -0.1) is 0 Å². The summed E-state index contributed by atoms with van der Waals surface area (Å²) in [6.07, 6.45) is 9.81. The lowest BCUT2D eigenvalue weighted by Crippen LogP contribution is -2.51. The molecule has 0 aromatic heterocycles. The zero-order valence-electron chi connectivity index (χ0n) is 22.3. The van der Waals surface area contributed by atoms with Crippen LogP contribution in [0.3, 0.4) is 0 Å². The molecular weight excluding hydrogens is 458 g/mol. The molecule has 36 heavy (non-hydrogen) atoms. The second kappa shape index (κ2) is 10.3. The molecule has 2 N–H and O–H groups in total. The highest BCUT2D eigenvalue weighted by Crippen LogP contribution is 2.65. The first-order chi connectivity index (χ1) is 16.9. The Bertz CT molecular complexity index is 940. The average Bonchev–Trinajstić information content (AvgIpc) is 3.13. The van der Waals surface area contributed by atoms with Crippen LogP contribution in [0.25, 0.3) is 0 Å².